The van der Waals surface area contributed by atoms with Crippen LogP contribution in [0.2, 0.25) is 0 Å². The maximum Gasteiger partial charge on any atom is 0.364 e. The van der Waals surface area contributed by atoms with E-state index in [0.29, 0.717) is 34.8 Å². The van der Waals surface area contributed by atoms with E-state index in [2.05, 4.69) is 20.3 Å². The Kier molecular flexibility index (Phi) is 5.29. The zero-order valence-corrected chi connectivity index (χ0v) is 16.3. The van der Waals surface area contributed by atoms with Crippen LogP contribution in [0.4, 0.5) is 14.5 Å². The number of carbonyl (C=O) groups is 1. The number of benzene rings is 1. The van der Waals surface area contributed by atoms with Gasteiger partial charge in [0.05, 0.1) is 23.3 Å². The number of nitrogens with zero attached hydrogens (tertiary/aromatic N) is 1. The van der Waals surface area contributed by atoms with Gasteiger partial charge in [-0.15, -0.1) is 0 Å². The number of hydrogen-bond acceptors (Lipinski definition) is 4. The first-order valence-corrected chi connectivity index (χ1v) is 9.58. The average Bonchev–Trinajstić information content (AvgIpc) is 3.43. The van der Waals surface area contributed by atoms with E-state index in [4.69, 9.17) is 16.3 Å². The summed E-state index contributed by atoms with van der Waals surface area (Å²) in [6, 6.07) is 7.47. The van der Waals surface area contributed by atoms with Gasteiger partial charge >= 0.3 is 11.1 Å². The predicted octanol–water partition coefficient (Wildman–Crippen LogP) is 3.98. The Balaban J connectivity index is 1.54. The third-order valence-corrected chi connectivity index (χ3v) is 4.75. The summed E-state index contributed by atoms with van der Waals surface area (Å²) in [5, 5.41) is -0.956. The largest absolute Gasteiger partial charge is 0.477 e. The van der Waals surface area contributed by atoms with Crippen molar-refractivity contribution in [2.75, 3.05) is 11.9 Å². The Labute approximate surface area is 174 Å². The molecule has 1 aliphatic rings. The second-order valence-electron chi connectivity index (χ2n) is 6.97. The van der Waals surface area contributed by atoms with Gasteiger partial charge in [-0.05, 0) is 60.7 Å². The van der Waals surface area contributed by atoms with E-state index < -0.39 is 17.0 Å². The molecule has 1 aliphatic carbocycles. The van der Waals surface area contributed by atoms with Crippen LogP contribution in [0.3, 0.4) is 0 Å². The lowest BCUT2D eigenvalue weighted by Gasteiger charge is -2.12. The van der Waals surface area contributed by atoms with Gasteiger partial charge in [-0.25, -0.2) is 9.78 Å². The van der Waals surface area contributed by atoms with Crippen molar-refractivity contribution in [1.29, 1.82) is 0 Å². The van der Waals surface area contributed by atoms with Crippen LogP contribution in [0.5, 0.6) is 5.88 Å². The number of amides is 1. The normalized spacial score (nSPS) is 14.4. The van der Waals surface area contributed by atoms with Crippen LogP contribution in [0.25, 0.3) is 17.1 Å². The van der Waals surface area contributed by atoms with Gasteiger partial charge in [0.1, 0.15) is 5.69 Å². The summed E-state index contributed by atoms with van der Waals surface area (Å²) in [5.41, 5.74) is 0.790. The second-order valence-corrected chi connectivity index (χ2v) is 7.45. The van der Waals surface area contributed by atoms with Gasteiger partial charge < -0.3 is 20.0 Å². The van der Waals surface area contributed by atoms with Gasteiger partial charge in [-0.2, -0.15) is 8.78 Å². The molecule has 0 spiro atoms. The van der Waals surface area contributed by atoms with Gasteiger partial charge in [0.15, 0.2) is 0 Å². The zero-order valence-electron chi connectivity index (χ0n) is 15.5. The molecular formula is C20H17ClF2N4O3. The summed E-state index contributed by atoms with van der Waals surface area (Å²) >= 11 is 5.06. The second kappa shape index (κ2) is 7.91. The Bertz CT molecular complexity index is 1180. The molecule has 0 unspecified atom stereocenters. The first kappa shape index (κ1) is 20.1. The van der Waals surface area contributed by atoms with Crippen molar-refractivity contribution in [3.8, 4) is 5.88 Å². The number of nitrogens with one attached hydrogen (secondary N) is 3. The van der Waals surface area contributed by atoms with Crippen molar-refractivity contribution in [3.05, 3.63) is 58.1 Å². The molecule has 1 saturated carbocycles. The van der Waals surface area contributed by atoms with E-state index in [-0.39, 0.29) is 11.6 Å². The van der Waals surface area contributed by atoms with E-state index in [1.807, 2.05) is 0 Å². The van der Waals surface area contributed by atoms with Gasteiger partial charge in [-0.1, -0.05) is 6.07 Å². The maximum atomic E-state index is 13.4. The maximum absolute atomic E-state index is 13.4. The molecule has 30 heavy (non-hydrogen) atoms. The molecule has 156 valence electrons. The molecule has 2 heterocycles. The highest BCUT2D eigenvalue weighted by atomic mass is 35.5. The summed E-state index contributed by atoms with van der Waals surface area (Å²) in [5.74, 6) is -0.110. The van der Waals surface area contributed by atoms with Crippen molar-refractivity contribution in [1.82, 2.24) is 15.0 Å². The molecule has 0 bridgehead atoms. The Hall–Kier alpha value is -3.20. The molecule has 1 amide bonds. The number of halogens is 3. The van der Waals surface area contributed by atoms with Gasteiger partial charge in [0, 0.05) is 11.6 Å². The molecule has 3 N–H and O–H groups in total. The molecule has 1 fully saturated rings. The summed E-state index contributed by atoms with van der Waals surface area (Å²) in [7, 11) is 0. The topological polar surface area (TPSA) is 99.9 Å². The van der Waals surface area contributed by atoms with Crippen molar-refractivity contribution >= 4 is 40.3 Å². The molecule has 2 aromatic heterocycles. The number of ether oxygens (including phenoxy) is 1. The van der Waals surface area contributed by atoms with Gasteiger partial charge in [0.25, 0.3) is 0 Å². The fourth-order valence-electron chi connectivity index (χ4n) is 2.84. The molecule has 0 atom stereocenters. The van der Waals surface area contributed by atoms with E-state index in [1.54, 1.807) is 18.2 Å². The third-order valence-electron chi connectivity index (χ3n) is 4.56. The molecule has 0 radical (unpaired) electrons. The lowest BCUT2D eigenvalue weighted by molar-refractivity contribution is -0.111. The number of anilines is 1. The molecule has 0 aliphatic heterocycles. The van der Waals surface area contributed by atoms with Crippen LogP contribution in [-0.2, 0) is 10.2 Å². The monoisotopic (exact) mass is 434 g/mol. The Morgan fingerprint density at radius 2 is 2.10 bits per heavy atom. The van der Waals surface area contributed by atoms with E-state index in [0.717, 1.165) is 18.9 Å². The lowest BCUT2D eigenvalue weighted by Crippen LogP contribution is -2.10. The SMILES string of the molecule is O=C(/C=C/c1ccc(C(F)(F)Cl)nc1OCC1CC1)Nc1cccc2[nH]c(=O)[nH]c12. The number of fused-ring (bicyclic) bond motifs is 1. The number of alkyl halides is 3. The molecule has 7 nitrogen and oxygen atoms in total. The number of carbonyl (C=O) groups excluding carboxylic acids is 1. The highest BCUT2D eigenvalue weighted by Crippen LogP contribution is 2.34. The Morgan fingerprint density at radius 1 is 1.30 bits per heavy atom. The minimum absolute atomic E-state index is 0.0131. The predicted molar refractivity (Wildman–Crippen MR) is 109 cm³/mol. The molecule has 1 aromatic carbocycles. The average molecular weight is 435 g/mol. The summed E-state index contributed by atoms with van der Waals surface area (Å²) in [6.45, 7) is 0.361. The van der Waals surface area contributed by atoms with Crippen LogP contribution in [0.15, 0.2) is 41.2 Å². The van der Waals surface area contributed by atoms with Crippen molar-refractivity contribution in [3.63, 3.8) is 0 Å². The highest BCUT2D eigenvalue weighted by Gasteiger charge is 2.31. The summed E-state index contributed by atoms with van der Waals surface area (Å²) in [6.07, 6.45) is 4.68. The standard InChI is InChI=1S/C20H17ClF2N4O3/c21-20(22,23)15-8-6-12(18(26-15)30-10-11-4-5-11)7-9-16(28)24-13-2-1-3-14-17(13)27-19(29)25-14/h1-3,6-9,11H,4-5,10H2,(H,24,28)(H2,25,27,29)/b9-7+. The molecule has 10 heteroatoms. The number of pyridine rings is 1. The quantitative estimate of drug-likeness (QED) is 0.387. The van der Waals surface area contributed by atoms with E-state index >= 15 is 0 Å². The first-order chi connectivity index (χ1) is 14.3. The van der Waals surface area contributed by atoms with Crippen molar-refractivity contribution in [2.45, 2.75) is 18.2 Å². The molecule has 4 rings (SSSR count). The highest BCUT2D eigenvalue weighted by molar-refractivity contribution is 6.21. The van der Waals surface area contributed by atoms with Gasteiger partial charge in [0.2, 0.25) is 11.8 Å². The minimum atomic E-state index is -3.62. The smallest absolute Gasteiger partial charge is 0.364 e. The van der Waals surface area contributed by atoms with Crippen molar-refractivity contribution < 1.29 is 18.3 Å². The third kappa shape index (κ3) is 4.68. The number of H-pyrrole nitrogens is 2. The molecule has 3 aromatic rings. The first-order valence-electron chi connectivity index (χ1n) is 9.21. The number of imidazole rings is 1. The number of aromatic amines is 2. The minimum Gasteiger partial charge on any atom is -0.477 e. The number of rotatable bonds is 7. The number of aromatic nitrogens is 3. The summed E-state index contributed by atoms with van der Waals surface area (Å²) in [4.78, 5) is 32.8. The van der Waals surface area contributed by atoms with E-state index in [9.17, 15) is 18.4 Å². The van der Waals surface area contributed by atoms with Gasteiger partial charge in [-0.3, -0.25) is 4.79 Å². The number of para-hydroxylation sites is 1. The number of hydrogen-bond donors (Lipinski definition) is 3. The van der Waals surface area contributed by atoms with Crippen molar-refractivity contribution in [2.24, 2.45) is 5.92 Å². The van der Waals surface area contributed by atoms with Crippen LogP contribution in [-0.4, -0.2) is 27.5 Å². The van der Waals surface area contributed by atoms with Crippen LogP contribution < -0.4 is 15.7 Å². The van der Waals surface area contributed by atoms with Crippen LogP contribution in [0.1, 0.15) is 24.1 Å². The Morgan fingerprint density at radius 3 is 2.83 bits per heavy atom. The lowest BCUT2D eigenvalue weighted by atomic mass is 10.2. The van der Waals surface area contributed by atoms with Crippen LogP contribution in [0, 0.1) is 5.92 Å². The zero-order chi connectivity index (χ0) is 21.3. The van der Waals surface area contributed by atoms with Crippen LogP contribution >= 0.6 is 11.6 Å². The van der Waals surface area contributed by atoms with E-state index in [1.165, 1.54) is 18.2 Å². The fraction of sp³-hybridized carbons (Fsp3) is 0.250. The summed E-state index contributed by atoms with van der Waals surface area (Å²) < 4.78 is 32.4. The fourth-order valence-corrected chi connectivity index (χ4v) is 2.94. The molecule has 0 saturated heterocycles. The molecular weight excluding hydrogens is 418 g/mol.